The number of nitrogens with zero attached hydrogens (tertiary/aromatic N) is 1. The van der Waals surface area contributed by atoms with Gasteiger partial charge in [-0.25, -0.2) is 4.98 Å². The van der Waals surface area contributed by atoms with Crippen LogP contribution in [-0.4, -0.2) is 17.1 Å². The first-order valence-electron chi connectivity index (χ1n) is 2.99. The molecule has 0 saturated carbocycles. The van der Waals surface area contributed by atoms with E-state index in [0.29, 0.717) is 10.9 Å². The Labute approximate surface area is 68.2 Å². The van der Waals surface area contributed by atoms with Crippen LogP contribution in [-0.2, 0) is 11.2 Å². The quantitative estimate of drug-likeness (QED) is 0.671. The monoisotopic (exact) mass is 172 g/mol. The van der Waals surface area contributed by atoms with Crippen molar-refractivity contribution in [1.82, 2.24) is 4.98 Å². The minimum atomic E-state index is -0.397. The van der Waals surface area contributed by atoms with Gasteiger partial charge < -0.3 is 10.2 Å². The van der Waals surface area contributed by atoms with Gasteiger partial charge in [0.15, 0.2) is 0 Å². The summed E-state index contributed by atoms with van der Waals surface area (Å²) in [5.41, 5.74) is 5.53. The van der Waals surface area contributed by atoms with E-state index in [1.807, 2.05) is 6.26 Å². The third-order valence-corrected chi connectivity index (χ3v) is 1.60. The zero-order valence-electron chi connectivity index (χ0n) is 6.03. The molecule has 0 aliphatic heterocycles. The van der Waals surface area contributed by atoms with Crippen molar-refractivity contribution in [2.75, 3.05) is 6.26 Å². The smallest absolute Gasteiger partial charge is 0.255 e. The van der Waals surface area contributed by atoms with Gasteiger partial charge in [0, 0.05) is 0 Å². The fraction of sp³-hybridized carbons (Fsp3) is 0.333. The van der Waals surface area contributed by atoms with Crippen LogP contribution in [0.25, 0.3) is 0 Å². The number of carbonyl (C=O) groups excluding carboxylic acids is 1. The first-order valence-corrected chi connectivity index (χ1v) is 4.21. The lowest BCUT2D eigenvalue weighted by atomic mass is 10.3. The zero-order chi connectivity index (χ0) is 8.27. The number of amides is 1. The first-order chi connectivity index (χ1) is 5.22. The third kappa shape index (κ3) is 2.27. The van der Waals surface area contributed by atoms with E-state index in [-0.39, 0.29) is 6.42 Å². The normalized spacial score (nSPS) is 9.91. The minimum Gasteiger partial charge on any atom is -0.440 e. The molecule has 0 fully saturated rings. The summed E-state index contributed by atoms with van der Waals surface area (Å²) in [6.45, 7) is 0. The molecule has 1 heterocycles. The molecular formula is C6H8N2O2S. The number of carbonyl (C=O) groups is 1. The van der Waals surface area contributed by atoms with Gasteiger partial charge in [-0.1, -0.05) is 11.8 Å². The zero-order valence-corrected chi connectivity index (χ0v) is 6.85. The van der Waals surface area contributed by atoms with Gasteiger partial charge in [0.1, 0.15) is 6.26 Å². The number of hydrogen-bond acceptors (Lipinski definition) is 4. The number of hydrogen-bond donors (Lipinski definition) is 1. The molecular weight excluding hydrogens is 164 g/mol. The molecule has 0 bridgehead atoms. The summed E-state index contributed by atoms with van der Waals surface area (Å²) in [7, 11) is 0. The molecule has 60 valence electrons. The van der Waals surface area contributed by atoms with E-state index in [4.69, 9.17) is 10.2 Å². The summed E-state index contributed by atoms with van der Waals surface area (Å²) in [4.78, 5) is 14.4. The number of primary amides is 1. The highest BCUT2D eigenvalue weighted by atomic mass is 32.2. The van der Waals surface area contributed by atoms with Crippen LogP contribution >= 0.6 is 11.8 Å². The Bertz CT molecular complexity index is 259. The molecule has 11 heavy (non-hydrogen) atoms. The number of rotatable bonds is 3. The Morgan fingerprint density at radius 1 is 1.91 bits per heavy atom. The molecule has 0 radical (unpaired) electrons. The second kappa shape index (κ2) is 3.43. The summed E-state index contributed by atoms with van der Waals surface area (Å²) in [5.74, 6) is -0.397. The van der Waals surface area contributed by atoms with Crippen molar-refractivity contribution in [2.24, 2.45) is 5.73 Å². The molecule has 0 unspecified atom stereocenters. The number of aromatic nitrogens is 1. The summed E-state index contributed by atoms with van der Waals surface area (Å²) in [6, 6.07) is 0. The van der Waals surface area contributed by atoms with Crippen LogP contribution in [0.2, 0.25) is 0 Å². The number of nitrogens with two attached hydrogens (primary N) is 1. The van der Waals surface area contributed by atoms with Gasteiger partial charge in [-0.15, -0.1) is 0 Å². The van der Waals surface area contributed by atoms with E-state index in [1.165, 1.54) is 18.0 Å². The molecule has 0 spiro atoms. The number of thioether (sulfide) groups is 1. The van der Waals surface area contributed by atoms with Crippen LogP contribution in [0.15, 0.2) is 15.9 Å². The van der Waals surface area contributed by atoms with Gasteiger partial charge in [0.2, 0.25) is 5.91 Å². The van der Waals surface area contributed by atoms with Crippen LogP contribution in [0.3, 0.4) is 0 Å². The Balaban J connectivity index is 2.65. The molecule has 2 N–H and O–H groups in total. The highest BCUT2D eigenvalue weighted by molar-refractivity contribution is 7.98. The molecule has 0 aliphatic carbocycles. The van der Waals surface area contributed by atoms with Crippen LogP contribution in [0.5, 0.6) is 0 Å². The second-order valence-electron chi connectivity index (χ2n) is 1.95. The standard InChI is InChI=1S/C6H8N2O2S/c1-11-6-8-4(3-10-6)2-5(7)9/h3H,2H2,1H3,(H2,7,9). The fourth-order valence-electron chi connectivity index (χ4n) is 0.642. The maximum Gasteiger partial charge on any atom is 0.255 e. The summed E-state index contributed by atoms with van der Waals surface area (Å²) < 4.78 is 4.96. The lowest BCUT2D eigenvalue weighted by Crippen LogP contribution is -2.13. The third-order valence-electron chi connectivity index (χ3n) is 1.06. The molecule has 1 rings (SSSR count). The first kappa shape index (κ1) is 8.13. The predicted molar refractivity (Wildman–Crippen MR) is 41.2 cm³/mol. The predicted octanol–water partition coefficient (Wildman–Crippen LogP) is 0.424. The van der Waals surface area contributed by atoms with E-state index in [1.54, 1.807) is 0 Å². The molecule has 1 aromatic rings. The molecule has 0 aromatic carbocycles. The Hall–Kier alpha value is -0.970. The van der Waals surface area contributed by atoms with Gasteiger partial charge in [-0.3, -0.25) is 4.79 Å². The van der Waals surface area contributed by atoms with Crippen LogP contribution in [0.1, 0.15) is 5.69 Å². The molecule has 0 aliphatic rings. The van der Waals surface area contributed by atoms with E-state index >= 15 is 0 Å². The van der Waals surface area contributed by atoms with Crippen molar-refractivity contribution < 1.29 is 9.21 Å². The van der Waals surface area contributed by atoms with Crippen molar-refractivity contribution in [2.45, 2.75) is 11.6 Å². The second-order valence-corrected chi connectivity index (χ2v) is 2.71. The van der Waals surface area contributed by atoms with Gasteiger partial charge in [0.05, 0.1) is 12.1 Å². The Morgan fingerprint density at radius 2 is 2.64 bits per heavy atom. The van der Waals surface area contributed by atoms with Crippen molar-refractivity contribution >= 4 is 17.7 Å². The van der Waals surface area contributed by atoms with Crippen molar-refractivity contribution in [1.29, 1.82) is 0 Å². The van der Waals surface area contributed by atoms with E-state index in [2.05, 4.69) is 4.98 Å². The van der Waals surface area contributed by atoms with Crippen molar-refractivity contribution in [3.63, 3.8) is 0 Å². The molecule has 0 saturated heterocycles. The van der Waals surface area contributed by atoms with Gasteiger partial charge in [0.25, 0.3) is 5.22 Å². The topological polar surface area (TPSA) is 69.1 Å². The average molecular weight is 172 g/mol. The molecule has 5 heteroatoms. The van der Waals surface area contributed by atoms with Crippen LogP contribution in [0, 0.1) is 0 Å². The van der Waals surface area contributed by atoms with Gasteiger partial charge in [-0.05, 0) is 6.26 Å². The number of oxazole rings is 1. The fourth-order valence-corrected chi connectivity index (χ4v) is 0.995. The summed E-state index contributed by atoms with van der Waals surface area (Å²) in [5, 5.41) is 0.557. The maximum atomic E-state index is 10.4. The summed E-state index contributed by atoms with van der Waals surface area (Å²) in [6.07, 6.45) is 3.43. The Morgan fingerprint density at radius 3 is 3.09 bits per heavy atom. The molecule has 4 nitrogen and oxygen atoms in total. The highest BCUT2D eigenvalue weighted by Crippen LogP contribution is 2.12. The van der Waals surface area contributed by atoms with Crippen molar-refractivity contribution in [3.8, 4) is 0 Å². The molecule has 1 aromatic heterocycles. The maximum absolute atomic E-state index is 10.4. The lowest BCUT2D eigenvalue weighted by molar-refractivity contribution is -0.117. The van der Waals surface area contributed by atoms with Gasteiger partial charge in [-0.2, -0.15) is 0 Å². The lowest BCUT2D eigenvalue weighted by Gasteiger charge is -1.85. The van der Waals surface area contributed by atoms with Gasteiger partial charge >= 0.3 is 0 Å². The minimum absolute atomic E-state index is 0.143. The molecule has 1 amide bonds. The average Bonchev–Trinajstić information content (AvgIpc) is 2.34. The van der Waals surface area contributed by atoms with Crippen LogP contribution in [0.4, 0.5) is 0 Å². The largest absolute Gasteiger partial charge is 0.440 e. The van der Waals surface area contributed by atoms with Crippen molar-refractivity contribution in [3.05, 3.63) is 12.0 Å². The van der Waals surface area contributed by atoms with E-state index < -0.39 is 5.91 Å². The summed E-state index contributed by atoms with van der Waals surface area (Å²) >= 11 is 1.39. The SMILES string of the molecule is CSc1nc(CC(N)=O)co1. The van der Waals surface area contributed by atoms with Crippen LogP contribution < -0.4 is 5.73 Å². The van der Waals surface area contributed by atoms with E-state index in [0.717, 1.165) is 0 Å². The highest BCUT2D eigenvalue weighted by Gasteiger charge is 2.04. The van der Waals surface area contributed by atoms with E-state index in [9.17, 15) is 4.79 Å². The Kier molecular flexibility index (Phi) is 2.53. The molecule has 0 atom stereocenters.